The summed E-state index contributed by atoms with van der Waals surface area (Å²) in [4.78, 5) is 8.23. The number of hydrogen-bond acceptors (Lipinski definition) is 5. The molecule has 0 unspecified atom stereocenters. The molecular weight excluding hydrogens is 202 g/mol. The lowest BCUT2D eigenvalue weighted by Crippen LogP contribution is -2.10. The highest BCUT2D eigenvalue weighted by atomic mass is 15.3. The highest BCUT2D eigenvalue weighted by molar-refractivity contribution is 5.71. The molecule has 1 aromatic carbocycles. The maximum Gasteiger partial charge on any atom is 0.166 e. The second-order valence-corrected chi connectivity index (χ2v) is 3.09. The smallest absolute Gasteiger partial charge is 0.166 e. The molecule has 0 atom stereocenters. The summed E-state index contributed by atoms with van der Waals surface area (Å²) in [6.45, 7) is 0. The van der Waals surface area contributed by atoms with Gasteiger partial charge in [0.1, 0.15) is 5.69 Å². The highest BCUT2D eigenvalue weighted by Crippen LogP contribution is 2.23. The summed E-state index contributed by atoms with van der Waals surface area (Å²) in [6, 6.07) is 9.19. The zero-order chi connectivity index (χ0) is 11.4. The standard InChI is InChI=1S/C11H9N5/c12-7-8-2-1-3-9(6-8)10-11(16-13)15-5-4-14-10/h1-6H,13H2,(H,15,16). The molecule has 1 aromatic heterocycles. The van der Waals surface area contributed by atoms with Gasteiger partial charge in [-0.2, -0.15) is 5.26 Å². The van der Waals surface area contributed by atoms with Crippen LogP contribution in [0.1, 0.15) is 5.56 Å². The average molecular weight is 211 g/mol. The van der Waals surface area contributed by atoms with Gasteiger partial charge in [-0.15, -0.1) is 0 Å². The molecule has 0 amide bonds. The first-order chi connectivity index (χ1) is 7.85. The molecule has 0 saturated carbocycles. The van der Waals surface area contributed by atoms with Crippen LogP contribution in [0.2, 0.25) is 0 Å². The van der Waals surface area contributed by atoms with Crippen LogP contribution in [0.4, 0.5) is 5.82 Å². The van der Waals surface area contributed by atoms with Crippen molar-refractivity contribution in [1.29, 1.82) is 5.26 Å². The van der Waals surface area contributed by atoms with Crippen molar-refractivity contribution < 1.29 is 0 Å². The van der Waals surface area contributed by atoms with Crippen LogP contribution in [-0.4, -0.2) is 9.97 Å². The summed E-state index contributed by atoms with van der Waals surface area (Å²) in [5.41, 5.74) is 4.48. The minimum absolute atomic E-state index is 0.484. The molecule has 0 fully saturated rings. The highest BCUT2D eigenvalue weighted by Gasteiger charge is 2.06. The molecule has 0 saturated heterocycles. The molecular formula is C11H9N5. The Morgan fingerprint density at radius 3 is 2.81 bits per heavy atom. The number of nitriles is 1. The molecule has 1 heterocycles. The second-order valence-electron chi connectivity index (χ2n) is 3.09. The number of rotatable bonds is 2. The number of hydrogen-bond donors (Lipinski definition) is 2. The number of hydrazine groups is 1. The van der Waals surface area contributed by atoms with Crippen molar-refractivity contribution in [3.8, 4) is 17.3 Å². The van der Waals surface area contributed by atoms with Gasteiger partial charge in [-0.3, -0.25) is 4.98 Å². The minimum Gasteiger partial charge on any atom is -0.307 e. The van der Waals surface area contributed by atoms with Gasteiger partial charge < -0.3 is 5.43 Å². The van der Waals surface area contributed by atoms with E-state index in [1.807, 2.05) is 6.07 Å². The normalized spacial score (nSPS) is 9.50. The van der Waals surface area contributed by atoms with E-state index < -0.39 is 0 Å². The Morgan fingerprint density at radius 1 is 1.25 bits per heavy atom. The molecule has 2 rings (SSSR count). The summed E-state index contributed by atoms with van der Waals surface area (Å²) >= 11 is 0. The van der Waals surface area contributed by atoms with Crippen molar-refractivity contribution in [2.75, 3.05) is 5.43 Å². The third-order valence-corrected chi connectivity index (χ3v) is 2.10. The first-order valence-corrected chi connectivity index (χ1v) is 4.63. The number of aromatic nitrogens is 2. The van der Waals surface area contributed by atoms with Crippen LogP contribution in [0.3, 0.4) is 0 Å². The first-order valence-electron chi connectivity index (χ1n) is 4.63. The van der Waals surface area contributed by atoms with Gasteiger partial charge in [-0.1, -0.05) is 12.1 Å². The Kier molecular flexibility index (Phi) is 2.76. The third-order valence-electron chi connectivity index (χ3n) is 2.10. The van der Waals surface area contributed by atoms with E-state index in [9.17, 15) is 0 Å². The fourth-order valence-electron chi connectivity index (χ4n) is 1.39. The Hall–Kier alpha value is -2.45. The molecule has 2 aromatic rings. The molecule has 0 radical (unpaired) electrons. The maximum atomic E-state index is 8.81. The fourth-order valence-corrected chi connectivity index (χ4v) is 1.39. The van der Waals surface area contributed by atoms with E-state index in [-0.39, 0.29) is 0 Å². The molecule has 0 aliphatic rings. The van der Waals surface area contributed by atoms with Gasteiger partial charge in [0.2, 0.25) is 0 Å². The fraction of sp³-hybridized carbons (Fsp3) is 0. The van der Waals surface area contributed by atoms with Gasteiger partial charge >= 0.3 is 0 Å². The summed E-state index contributed by atoms with van der Waals surface area (Å²) in [5.74, 6) is 5.82. The maximum absolute atomic E-state index is 8.81. The molecule has 78 valence electrons. The number of nitrogens with two attached hydrogens (primary N) is 1. The van der Waals surface area contributed by atoms with Gasteiger partial charge in [0.05, 0.1) is 11.6 Å². The molecule has 0 aliphatic carbocycles. The predicted molar refractivity (Wildman–Crippen MR) is 60.0 cm³/mol. The van der Waals surface area contributed by atoms with Crippen LogP contribution < -0.4 is 11.3 Å². The lowest BCUT2D eigenvalue weighted by molar-refractivity contribution is 1.16. The van der Waals surface area contributed by atoms with Crippen molar-refractivity contribution in [3.63, 3.8) is 0 Å². The van der Waals surface area contributed by atoms with Gasteiger partial charge in [0.15, 0.2) is 5.82 Å². The van der Waals surface area contributed by atoms with Crippen molar-refractivity contribution in [1.82, 2.24) is 9.97 Å². The van der Waals surface area contributed by atoms with Crippen LogP contribution in [-0.2, 0) is 0 Å². The van der Waals surface area contributed by atoms with Gasteiger partial charge in [-0.25, -0.2) is 10.8 Å². The zero-order valence-electron chi connectivity index (χ0n) is 8.38. The molecule has 3 N–H and O–H groups in total. The van der Waals surface area contributed by atoms with Gasteiger partial charge in [0, 0.05) is 18.0 Å². The summed E-state index contributed by atoms with van der Waals surface area (Å²) < 4.78 is 0. The van der Waals surface area contributed by atoms with E-state index in [1.165, 1.54) is 0 Å². The van der Waals surface area contributed by atoms with Crippen LogP contribution in [0.15, 0.2) is 36.7 Å². The monoisotopic (exact) mass is 211 g/mol. The van der Waals surface area contributed by atoms with Crippen LogP contribution >= 0.6 is 0 Å². The number of anilines is 1. The average Bonchev–Trinajstić information content (AvgIpc) is 2.38. The van der Waals surface area contributed by atoms with Crippen LogP contribution in [0, 0.1) is 11.3 Å². The van der Waals surface area contributed by atoms with E-state index in [0.29, 0.717) is 17.1 Å². The van der Waals surface area contributed by atoms with Crippen LogP contribution in [0.5, 0.6) is 0 Å². The number of nitrogens with one attached hydrogen (secondary N) is 1. The zero-order valence-corrected chi connectivity index (χ0v) is 8.38. The van der Waals surface area contributed by atoms with Crippen molar-refractivity contribution in [2.24, 2.45) is 5.84 Å². The van der Waals surface area contributed by atoms with E-state index >= 15 is 0 Å². The topological polar surface area (TPSA) is 87.6 Å². The predicted octanol–water partition coefficient (Wildman–Crippen LogP) is 1.30. The lowest BCUT2D eigenvalue weighted by atomic mass is 10.1. The Balaban J connectivity index is 2.54. The minimum atomic E-state index is 0.484. The Morgan fingerprint density at radius 2 is 2.06 bits per heavy atom. The van der Waals surface area contributed by atoms with Gasteiger partial charge in [-0.05, 0) is 12.1 Å². The van der Waals surface area contributed by atoms with Crippen molar-refractivity contribution in [3.05, 3.63) is 42.2 Å². The second kappa shape index (κ2) is 4.38. The summed E-state index contributed by atoms with van der Waals surface area (Å²) in [5, 5.41) is 8.81. The quantitative estimate of drug-likeness (QED) is 0.577. The molecule has 0 aliphatic heterocycles. The number of nitrogens with zero attached hydrogens (tertiary/aromatic N) is 3. The molecule has 0 bridgehead atoms. The Bertz CT molecular complexity index is 544. The first kappa shape index (κ1) is 10.1. The third kappa shape index (κ3) is 1.82. The molecule has 5 heteroatoms. The molecule has 16 heavy (non-hydrogen) atoms. The van der Waals surface area contributed by atoms with Crippen molar-refractivity contribution in [2.45, 2.75) is 0 Å². The summed E-state index contributed by atoms with van der Waals surface area (Å²) in [6.07, 6.45) is 3.13. The van der Waals surface area contributed by atoms with Crippen LogP contribution in [0.25, 0.3) is 11.3 Å². The SMILES string of the molecule is N#Cc1cccc(-c2nccnc2NN)c1. The van der Waals surface area contributed by atoms with E-state index in [1.54, 1.807) is 30.6 Å². The number of nitrogen functional groups attached to an aromatic ring is 1. The summed E-state index contributed by atoms with van der Waals surface area (Å²) in [7, 11) is 0. The van der Waals surface area contributed by atoms with Crippen molar-refractivity contribution >= 4 is 5.82 Å². The number of benzene rings is 1. The largest absolute Gasteiger partial charge is 0.307 e. The van der Waals surface area contributed by atoms with E-state index in [2.05, 4.69) is 21.5 Å². The van der Waals surface area contributed by atoms with E-state index in [0.717, 1.165) is 5.56 Å². The van der Waals surface area contributed by atoms with Gasteiger partial charge in [0.25, 0.3) is 0 Å². The lowest BCUT2D eigenvalue weighted by Gasteiger charge is -2.06. The molecule has 5 nitrogen and oxygen atoms in total. The van der Waals surface area contributed by atoms with E-state index in [4.69, 9.17) is 11.1 Å². The Labute approximate surface area is 92.5 Å². The molecule has 0 spiro atoms.